The van der Waals surface area contributed by atoms with Crippen LogP contribution >= 0.6 is 11.6 Å². The van der Waals surface area contributed by atoms with Gasteiger partial charge in [0.15, 0.2) is 0 Å². The van der Waals surface area contributed by atoms with E-state index in [-0.39, 0.29) is 11.3 Å². The zero-order valence-electron chi connectivity index (χ0n) is 7.64. The van der Waals surface area contributed by atoms with Gasteiger partial charge in [-0.25, -0.2) is 14.4 Å². The largest absolute Gasteiger partial charge is 0.478 e. The molecule has 0 saturated carbocycles. The van der Waals surface area contributed by atoms with Gasteiger partial charge in [0.25, 0.3) is 0 Å². The summed E-state index contributed by atoms with van der Waals surface area (Å²) in [5.74, 6) is -3.01. The lowest BCUT2D eigenvalue weighted by molar-refractivity contribution is 0.0694. The SMILES string of the molecule is O=C(Cl)Oc1ccc(C(=O)O)cc1C(=O)O. The van der Waals surface area contributed by atoms with Crippen molar-refractivity contribution in [3.8, 4) is 5.75 Å². The Labute approximate surface area is 94.0 Å². The van der Waals surface area contributed by atoms with Crippen molar-refractivity contribution in [1.29, 1.82) is 0 Å². The molecule has 0 aliphatic rings. The van der Waals surface area contributed by atoms with Crippen LogP contribution in [-0.4, -0.2) is 27.6 Å². The monoisotopic (exact) mass is 244 g/mol. The molecule has 0 aliphatic heterocycles. The van der Waals surface area contributed by atoms with Crippen LogP contribution in [0.1, 0.15) is 20.7 Å². The molecule has 1 aromatic rings. The van der Waals surface area contributed by atoms with Gasteiger partial charge in [-0.1, -0.05) is 0 Å². The Hall–Kier alpha value is -2.08. The van der Waals surface area contributed by atoms with Crippen LogP contribution in [0.15, 0.2) is 18.2 Å². The first-order valence-electron chi connectivity index (χ1n) is 3.89. The molecule has 0 heterocycles. The van der Waals surface area contributed by atoms with Crippen molar-refractivity contribution in [2.45, 2.75) is 0 Å². The number of carbonyl (C=O) groups is 3. The standard InChI is InChI=1S/C9H5ClO6/c10-9(15)16-6-2-1-4(7(11)12)3-5(6)8(13)14/h1-3H,(H,11,12)(H,13,14). The molecular weight excluding hydrogens is 240 g/mol. The van der Waals surface area contributed by atoms with Gasteiger partial charge in [-0.15, -0.1) is 0 Å². The van der Waals surface area contributed by atoms with Gasteiger partial charge in [0, 0.05) is 11.6 Å². The number of carboxylic acid groups (broad SMARTS) is 2. The van der Waals surface area contributed by atoms with Crippen LogP contribution in [0.5, 0.6) is 5.75 Å². The van der Waals surface area contributed by atoms with E-state index in [4.69, 9.17) is 21.8 Å². The average Bonchev–Trinajstić information content (AvgIpc) is 2.16. The van der Waals surface area contributed by atoms with Crippen molar-refractivity contribution in [2.24, 2.45) is 0 Å². The Balaban J connectivity index is 3.24. The third-order valence-electron chi connectivity index (χ3n) is 1.65. The number of halogens is 1. The molecule has 0 aromatic heterocycles. The number of ether oxygens (including phenoxy) is 1. The van der Waals surface area contributed by atoms with Crippen LogP contribution in [0.3, 0.4) is 0 Å². The molecule has 0 radical (unpaired) electrons. The molecule has 7 heteroatoms. The summed E-state index contributed by atoms with van der Waals surface area (Å²) in [5.41, 5.74) is -1.88. The van der Waals surface area contributed by atoms with E-state index in [0.717, 1.165) is 18.2 Å². The number of hydrogen-bond donors (Lipinski definition) is 2. The molecule has 0 amide bonds. The predicted molar refractivity (Wildman–Crippen MR) is 52.2 cm³/mol. The topological polar surface area (TPSA) is 101 Å². The van der Waals surface area contributed by atoms with E-state index < -0.39 is 22.9 Å². The van der Waals surface area contributed by atoms with Crippen molar-refractivity contribution < 1.29 is 29.3 Å². The Morgan fingerprint density at radius 1 is 1.12 bits per heavy atom. The second-order valence-corrected chi connectivity index (χ2v) is 2.97. The lowest BCUT2D eigenvalue weighted by Gasteiger charge is -2.05. The third-order valence-corrected chi connectivity index (χ3v) is 1.72. The maximum atomic E-state index is 10.8. The van der Waals surface area contributed by atoms with Gasteiger partial charge < -0.3 is 14.9 Å². The molecule has 1 aromatic carbocycles. The van der Waals surface area contributed by atoms with E-state index in [1.165, 1.54) is 0 Å². The Bertz CT molecular complexity index is 467. The Morgan fingerprint density at radius 2 is 1.75 bits per heavy atom. The average molecular weight is 245 g/mol. The highest BCUT2D eigenvalue weighted by Gasteiger charge is 2.16. The molecule has 0 unspecified atom stereocenters. The van der Waals surface area contributed by atoms with Gasteiger partial charge in [0.05, 0.1) is 5.56 Å². The van der Waals surface area contributed by atoms with E-state index in [0.29, 0.717) is 0 Å². The lowest BCUT2D eigenvalue weighted by atomic mass is 10.1. The van der Waals surface area contributed by atoms with Crippen LogP contribution in [-0.2, 0) is 0 Å². The quantitative estimate of drug-likeness (QED) is 0.787. The molecule has 0 bridgehead atoms. The summed E-state index contributed by atoms with van der Waals surface area (Å²) >= 11 is 4.92. The van der Waals surface area contributed by atoms with E-state index in [9.17, 15) is 14.4 Å². The van der Waals surface area contributed by atoms with Crippen molar-refractivity contribution >= 4 is 29.0 Å². The Kier molecular flexibility index (Phi) is 3.47. The van der Waals surface area contributed by atoms with Gasteiger partial charge in [0.2, 0.25) is 0 Å². The second-order valence-electron chi connectivity index (χ2n) is 2.66. The highest BCUT2D eigenvalue weighted by atomic mass is 35.5. The zero-order chi connectivity index (χ0) is 12.3. The summed E-state index contributed by atoms with van der Waals surface area (Å²) in [5, 5.41) is 17.4. The summed E-state index contributed by atoms with van der Waals surface area (Å²) in [4.78, 5) is 31.8. The molecule has 1 rings (SSSR count). The molecule has 0 fully saturated rings. The first-order chi connectivity index (χ1) is 7.41. The minimum Gasteiger partial charge on any atom is -0.478 e. The van der Waals surface area contributed by atoms with Gasteiger partial charge in [0.1, 0.15) is 11.3 Å². The Morgan fingerprint density at radius 3 is 2.19 bits per heavy atom. The minimum absolute atomic E-state index is 0.230. The number of aromatic carboxylic acids is 2. The molecule has 0 spiro atoms. The van der Waals surface area contributed by atoms with Gasteiger partial charge in [-0.2, -0.15) is 0 Å². The fourth-order valence-electron chi connectivity index (χ4n) is 1.01. The molecule has 16 heavy (non-hydrogen) atoms. The van der Waals surface area contributed by atoms with Crippen molar-refractivity contribution in [2.75, 3.05) is 0 Å². The normalized spacial score (nSPS) is 9.56. The molecular formula is C9H5ClO6. The maximum absolute atomic E-state index is 10.8. The number of carboxylic acids is 2. The third kappa shape index (κ3) is 2.71. The highest BCUT2D eigenvalue weighted by molar-refractivity contribution is 6.61. The second kappa shape index (κ2) is 4.63. The number of hydrogen-bond acceptors (Lipinski definition) is 4. The summed E-state index contributed by atoms with van der Waals surface area (Å²) in [6.45, 7) is 0. The fraction of sp³-hybridized carbons (Fsp3) is 0. The molecule has 2 N–H and O–H groups in total. The first kappa shape index (κ1) is 12.0. The van der Waals surface area contributed by atoms with Crippen LogP contribution in [0.25, 0.3) is 0 Å². The zero-order valence-corrected chi connectivity index (χ0v) is 8.39. The van der Waals surface area contributed by atoms with Gasteiger partial charge >= 0.3 is 17.4 Å². The number of benzene rings is 1. The van der Waals surface area contributed by atoms with E-state index in [2.05, 4.69) is 4.74 Å². The predicted octanol–water partition coefficient (Wildman–Crippen LogP) is 1.82. The van der Waals surface area contributed by atoms with Crippen LogP contribution in [0.2, 0.25) is 0 Å². The maximum Gasteiger partial charge on any atom is 0.409 e. The van der Waals surface area contributed by atoms with Crippen LogP contribution in [0.4, 0.5) is 4.79 Å². The fourth-order valence-corrected chi connectivity index (χ4v) is 1.09. The summed E-state index contributed by atoms with van der Waals surface area (Å²) in [7, 11) is 0. The summed E-state index contributed by atoms with van der Waals surface area (Å²) < 4.78 is 4.39. The van der Waals surface area contributed by atoms with Crippen molar-refractivity contribution in [3.05, 3.63) is 29.3 Å². The summed E-state index contributed by atoms with van der Waals surface area (Å²) in [6, 6.07) is 3.02. The lowest BCUT2D eigenvalue weighted by Crippen LogP contribution is -2.07. The van der Waals surface area contributed by atoms with E-state index in [1.807, 2.05) is 0 Å². The minimum atomic E-state index is -1.42. The molecule has 0 aliphatic carbocycles. The highest BCUT2D eigenvalue weighted by Crippen LogP contribution is 2.21. The van der Waals surface area contributed by atoms with Gasteiger partial charge in [-0.05, 0) is 18.2 Å². The van der Waals surface area contributed by atoms with Crippen LogP contribution < -0.4 is 4.74 Å². The van der Waals surface area contributed by atoms with Gasteiger partial charge in [-0.3, -0.25) is 0 Å². The van der Waals surface area contributed by atoms with E-state index >= 15 is 0 Å². The van der Waals surface area contributed by atoms with Crippen molar-refractivity contribution in [1.82, 2.24) is 0 Å². The number of carbonyl (C=O) groups excluding carboxylic acids is 1. The number of rotatable bonds is 3. The molecule has 0 atom stereocenters. The molecule has 0 saturated heterocycles. The molecule has 84 valence electrons. The van der Waals surface area contributed by atoms with Crippen molar-refractivity contribution in [3.63, 3.8) is 0 Å². The van der Waals surface area contributed by atoms with Crippen LogP contribution in [0, 0.1) is 0 Å². The smallest absolute Gasteiger partial charge is 0.409 e. The summed E-state index contributed by atoms with van der Waals surface area (Å²) in [6.07, 6.45) is 0. The first-order valence-corrected chi connectivity index (χ1v) is 4.27. The van der Waals surface area contributed by atoms with E-state index in [1.54, 1.807) is 0 Å². The molecule has 6 nitrogen and oxygen atoms in total.